The third-order valence-electron chi connectivity index (χ3n) is 5.72. The highest BCUT2D eigenvalue weighted by Crippen LogP contribution is 2.16. The molecule has 1 aliphatic rings. The van der Waals surface area contributed by atoms with Gasteiger partial charge in [-0.2, -0.15) is 0 Å². The number of nitrogens with one attached hydrogen (secondary N) is 2. The summed E-state index contributed by atoms with van der Waals surface area (Å²) in [6, 6.07) is 17.0. The van der Waals surface area contributed by atoms with Gasteiger partial charge in [0.15, 0.2) is 5.96 Å². The number of anilines is 1. The molecule has 1 aliphatic heterocycles. The molecule has 0 saturated carbocycles. The first kappa shape index (κ1) is 23.6. The molecule has 6 heteroatoms. The van der Waals surface area contributed by atoms with E-state index >= 15 is 0 Å². The van der Waals surface area contributed by atoms with E-state index in [1.807, 2.05) is 4.90 Å². The van der Waals surface area contributed by atoms with E-state index < -0.39 is 0 Å². The maximum Gasteiger partial charge on any atom is 0.222 e. The summed E-state index contributed by atoms with van der Waals surface area (Å²) in [5.74, 6) is 1.09. The number of hydrogen-bond acceptors (Lipinski definition) is 3. The number of benzene rings is 2. The molecule has 1 fully saturated rings. The van der Waals surface area contributed by atoms with Crippen molar-refractivity contribution in [3.63, 3.8) is 0 Å². The lowest BCUT2D eigenvalue weighted by Gasteiger charge is -2.24. The monoisotopic (exact) mass is 435 g/mol. The molecule has 2 aromatic carbocycles. The Morgan fingerprint density at radius 1 is 1.09 bits per heavy atom. The van der Waals surface area contributed by atoms with E-state index in [2.05, 4.69) is 84.8 Å². The fourth-order valence-corrected chi connectivity index (χ4v) is 4.03. The number of carbonyl (C=O) groups excluding carboxylic acids is 1. The van der Waals surface area contributed by atoms with Crippen LogP contribution >= 0.6 is 0 Å². The van der Waals surface area contributed by atoms with Gasteiger partial charge in [-0.05, 0) is 56.0 Å². The molecule has 32 heavy (non-hydrogen) atoms. The minimum absolute atomic E-state index is 0.263. The first-order chi connectivity index (χ1) is 15.6. The molecule has 2 aromatic rings. The van der Waals surface area contributed by atoms with Gasteiger partial charge in [-0.1, -0.05) is 36.4 Å². The van der Waals surface area contributed by atoms with Crippen LogP contribution in [0.15, 0.2) is 53.5 Å². The van der Waals surface area contributed by atoms with Crippen molar-refractivity contribution in [2.24, 2.45) is 4.99 Å². The van der Waals surface area contributed by atoms with Gasteiger partial charge in [0.2, 0.25) is 5.91 Å². The molecule has 0 bridgehead atoms. The summed E-state index contributed by atoms with van der Waals surface area (Å²) in [5, 5.41) is 6.80. The van der Waals surface area contributed by atoms with Gasteiger partial charge in [-0.25, -0.2) is 4.99 Å². The fraction of sp³-hybridized carbons (Fsp3) is 0.462. The summed E-state index contributed by atoms with van der Waals surface area (Å²) < 4.78 is 0. The van der Waals surface area contributed by atoms with E-state index in [9.17, 15) is 4.79 Å². The molecule has 1 amide bonds. The standard InChI is InChI=1S/C26H37N5O/c1-4-27-26(28-14-16-30(5-2)24-12-6-9-21(3)17-24)29-19-22-10-7-11-23(18-22)20-31-15-8-13-25(31)32/h6-7,9-12,17-18H,4-5,8,13-16,19-20H2,1-3H3,(H2,27,28,29). The van der Waals surface area contributed by atoms with E-state index in [4.69, 9.17) is 4.99 Å². The topological polar surface area (TPSA) is 60.0 Å². The molecule has 0 aliphatic carbocycles. The SMILES string of the molecule is CCNC(=NCc1cccc(CN2CCCC2=O)c1)NCCN(CC)c1cccc(C)c1. The molecule has 0 radical (unpaired) electrons. The average molecular weight is 436 g/mol. The second-order valence-electron chi connectivity index (χ2n) is 8.28. The lowest BCUT2D eigenvalue weighted by Crippen LogP contribution is -2.41. The number of nitrogens with zero attached hydrogens (tertiary/aromatic N) is 3. The van der Waals surface area contributed by atoms with Crippen LogP contribution < -0.4 is 15.5 Å². The Hall–Kier alpha value is -3.02. The van der Waals surface area contributed by atoms with Crippen LogP contribution in [-0.4, -0.2) is 49.5 Å². The molecule has 0 atom stereocenters. The molecule has 172 valence electrons. The third-order valence-corrected chi connectivity index (χ3v) is 5.72. The zero-order chi connectivity index (χ0) is 22.8. The van der Waals surface area contributed by atoms with Crippen LogP contribution in [0.2, 0.25) is 0 Å². The Morgan fingerprint density at radius 2 is 1.91 bits per heavy atom. The van der Waals surface area contributed by atoms with E-state index in [1.165, 1.54) is 16.8 Å². The molecular formula is C26H37N5O. The number of aliphatic imine (C=N–C) groups is 1. The summed E-state index contributed by atoms with van der Waals surface area (Å²) in [7, 11) is 0. The number of hydrogen-bond donors (Lipinski definition) is 2. The van der Waals surface area contributed by atoms with Crippen LogP contribution in [0, 0.1) is 6.92 Å². The lowest BCUT2D eigenvalue weighted by atomic mass is 10.1. The van der Waals surface area contributed by atoms with Crippen molar-refractivity contribution in [3.05, 3.63) is 65.2 Å². The Kier molecular flexibility index (Phi) is 8.96. The highest BCUT2D eigenvalue weighted by molar-refractivity contribution is 5.79. The van der Waals surface area contributed by atoms with Crippen molar-refractivity contribution < 1.29 is 4.79 Å². The van der Waals surface area contributed by atoms with E-state index in [1.54, 1.807) is 0 Å². The molecule has 3 rings (SSSR count). The number of rotatable bonds is 10. The summed E-state index contributed by atoms with van der Waals surface area (Å²) in [6.07, 6.45) is 1.65. The van der Waals surface area contributed by atoms with Crippen molar-refractivity contribution in [2.75, 3.05) is 37.6 Å². The van der Waals surface area contributed by atoms with E-state index in [-0.39, 0.29) is 5.91 Å². The second kappa shape index (κ2) is 12.1. The zero-order valence-corrected chi connectivity index (χ0v) is 19.7. The lowest BCUT2D eigenvalue weighted by molar-refractivity contribution is -0.128. The highest BCUT2D eigenvalue weighted by Gasteiger charge is 2.19. The number of aryl methyl sites for hydroxylation is 1. The van der Waals surface area contributed by atoms with Crippen molar-refractivity contribution in [3.8, 4) is 0 Å². The van der Waals surface area contributed by atoms with Gasteiger partial charge in [0.1, 0.15) is 0 Å². The molecule has 1 saturated heterocycles. The van der Waals surface area contributed by atoms with Crippen LogP contribution in [0.25, 0.3) is 0 Å². The Morgan fingerprint density at radius 3 is 2.62 bits per heavy atom. The van der Waals surface area contributed by atoms with Gasteiger partial charge in [0.25, 0.3) is 0 Å². The van der Waals surface area contributed by atoms with Crippen LogP contribution in [0.3, 0.4) is 0 Å². The van der Waals surface area contributed by atoms with Gasteiger partial charge < -0.3 is 20.4 Å². The number of guanidine groups is 1. The van der Waals surface area contributed by atoms with Gasteiger partial charge in [0.05, 0.1) is 6.54 Å². The van der Waals surface area contributed by atoms with Gasteiger partial charge in [-0.15, -0.1) is 0 Å². The minimum atomic E-state index is 0.263. The fourth-order valence-electron chi connectivity index (χ4n) is 4.03. The third kappa shape index (κ3) is 7.01. The minimum Gasteiger partial charge on any atom is -0.370 e. The predicted octanol–water partition coefficient (Wildman–Crippen LogP) is 3.70. The molecule has 0 unspecified atom stereocenters. The van der Waals surface area contributed by atoms with Crippen LogP contribution in [0.5, 0.6) is 0 Å². The first-order valence-electron chi connectivity index (χ1n) is 11.8. The molecular weight excluding hydrogens is 398 g/mol. The van der Waals surface area contributed by atoms with Crippen molar-refractivity contribution >= 4 is 17.6 Å². The van der Waals surface area contributed by atoms with Gasteiger partial charge in [-0.3, -0.25) is 4.79 Å². The average Bonchev–Trinajstić information content (AvgIpc) is 3.19. The van der Waals surface area contributed by atoms with Crippen LogP contribution in [0.1, 0.15) is 43.4 Å². The normalized spacial score (nSPS) is 14.0. The number of amides is 1. The van der Waals surface area contributed by atoms with Gasteiger partial charge >= 0.3 is 0 Å². The number of carbonyl (C=O) groups is 1. The summed E-state index contributed by atoms with van der Waals surface area (Å²) in [5.41, 5.74) is 4.86. The molecule has 0 aromatic heterocycles. The van der Waals surface area contributed by atoms with E-state index in [0.29, 0.717) is 19.5 Å². The van der Waals surface area contributed by atoms with Gasteiger partial charge in [0, 0.05) is 51.4 Å². The highest BCUT2D eigenvalue weighted by atomic mass is 16.2. The van der Waals surface area contributed by atoms with Crippen LogP contribution in [-0.2, 0) is 17.9 Å². The van der Waals surface area contributed by atoms with Crippen LogP contribution in [0.4, 0.5) is 5.69 Å². The predicted molar refractivity (Wildman–Crippen MR) is 133 cm³/mol. The van der Waals surface area contributed by atoms with E-state index in [0.717, 1.165) is 50.7 Å². The van der Waals surface area contributed by atoms with Crippen molar-refractivity contribution in [2.45, 2.75) is 46.7 Å². The molecule has 1 heterocycles. The molecule has 0 spiro atoms. The Bertz CT molecular complexity index is 911. The Balaban J connectivity index is 1.55. The summed E-state index contributed by atoms with van der Waals surface area (Å²) >= 11 is 0. The molecule has 2 N–H and O–H groups in total. The largest absolute Gasteiger partial charge is 0.370 e. The smallest absolute Gasteiger partial charge is 0.222 e. The second-order valence-corrected chi connectivity index (χ2v) is 8.28. The quantitative estimate of drug-likeness (QED) is 0.441. The first-order valence-corrected chi connectivity index (χ1v) is 11.8. The van der Waals surface area contributed by atoms with Crippen molar-refractivity contribution in [1.29, 1.82) is 0 Å². The maximum atomic E-state index is 11.9. The number of likely N-dealkylation sites (tertiary alicyclic amines) is 1. The number of likely N-dealkylation sites (N-methyl/N-ethyl adjacent to an activating group) is 1. The Labute approximate surface area is 192 Å². The maximum absolute atomic E-state index is 11.9. The summed E-state index contributed by atoms with van der Waals surface area (Å²) in [6.45, 7) is 12.1. The zero-order valence-electron chi connectivity index (χ0n) is 19.7. The molecule has 6 nitrogen and oxygen atoms in total. The summed E-state index contributed by atoms with van der Waals surface area (Å²) in [4.78, 5) is 21.0. The van der Waals surface area contributed by atoms with Crippen molar-refractivity contribution in [1.82, 2.24) is 15.5 Å².